The summed E-state index contributed by atoms with van der Waals surface area (Å²) >= 11 is 0. The maximum Gasteiger partial charge on any atom is 0.416 e. The number of ether oxygens (including phenoxy) is 2. The second kappa shape index (κ2) is 11.6. The molecule has 202 valence electrons. The van der Waals surface area contributed by atoms with E-state index < -0.39 is 12.1 Å². The Kier molecular flexibility index (Phi) is 8.29. The first-order valence-corrected chi connectivity index (χ1v) is 12.8. The average molecular weight is 524 g/mol. The summed E-state index contributed by atoms with van der Waals surface area (Å²) in [5, 5.41) is 8.97. The molecular formula is C28H33N3O7. The van der Waals surface area contributed by atoms with Gasteiger partial charge in [-0.25, -0.2) is 14.6 Å². The molecule has 0 bridgehead atoms. The van der Waals surface area contributed by atoms with Crippen molar-refractivity contribution in [3.8, 4) is 11.6 Å². The zero-order valence-corrected chi connectivity index (χ0v) is 21.7. The van der Waals surface area contributed by atoms with Crippen molar-refractivity contribution in [1.82, 2.24) is 14.8 Å². The predicted octanol–water partition coefficient (Wildman–Crippen LogP) is 3.79. The highest BCUT2D eigenvalue weighted by molar-refractivity contribution is 5.98. The van der Waals surface area contributed by atoms with Crippen LogP contribution < -0.4 is 9.47 Å². The van der Waals surface area contributed by atoms with Gasteiger partial charge in [0.25, 0.3) is 0 Å². The number of likely N-dealkylation sites (tertiary alicyclic amines) is 2. The molecule has 38 heavy (non-hydrogen) atoms. The number of carbonyl (C=O) groups excluding carboxylic acids is 3. The minimum absolute atomic E-state index is 0.144. The number of rotatable bonds is 8. The normalized spacial score (nSPS) is 17.8. The number of benzene rings is 1. The molecule has 1 aromatic heterocycles. The van der Waals surface area contributed by atoms with Crippen LogP contribution in [0.4, 0.5) is 4.79 Å². The molecule has 0 aliphatic carbocycles. The van der Waals surface area contributed by atoms with E-state index in [2.05, 4.69) is 4.98 Å². The van der Waals surface area contributed by atoms with Crippen LogP contribution in [0.25, 0.3) is 0 Å². The topological polar surface area (TPSA) is 126 Å². The van der Waals surface area contributed by atoms with Crippen LogP contribution in [0.1, 0.15) is 55.5 Å². The molecule has 0 saturated carbocycles. The molecule has 2 aliphatic rings. The van der Waals surface area contributed by atoms with Crippen molar-refractivity contribution in [2.24, 2.45) is 11.3 Å². The Morgan fingerprint density at radius 2 is 1.68 bits per heavy atom. The van der Waals surface area contributed by atoms with Gasteiger partial charge in [0, 0.05) is 44.7 Å². The van der Waals surface area contributed by atoms with Crippen LogP contribution >= 0.6 is 0 Å². The van der Waals surface area contributed by atoms with Gasteiger partial charge in [-0.2, -0.15) is 0 Å². The zero-order chi connectivity index (χ0) is 27.3. The quantitative estimate of drug-likeness (QED) is 0.518. The third-order valence-corrected chi connectivity index (χ3v) is 6.93. The van der Waals surface area contributed by atoms with Gasteiger partial charge in [0.2, 0.25) is 17.7 Å². The molecule has 1 N–H and O–H groups in total. The van der Waals surface area contributed by atoms with E-state index in [1.54, 1.807) is 35.4 Å². The minimum Gasteiger partial charge on any atom is -0.493 e. The third kappa shape index (κ3) is 7.08. The number of imide groups is 1. The van der Waals surface area contributed by atoms with E-state index in [1.165, 1.54) is 17.0 Å². The van der Waals surface area contributed by atoms with Crippen molar-refractivity contribution >= 4 is 23.9 Å². The summed E-state index contributed by atoms with van der Waals surface area (Å²) in [4.78, 5) is 55.4. The molecule has 3 heterocycles. The maximum atomic E-state index is 12.6. The number of piperidine rings is 2. The molecule has 0 radical (unpaired) electrons. The molecule has 0 unspecified atom stereocenters. The van der Waals surface area contributed by atoms with Gasteiger partial charge < -0.3 is 19.5 Å². The molecule has 0 atom stereocenters. The van der Waals surface area contributed by atoms with E-state index in [4.69, 9.17) is 14.6 Å². The molecular weight excluding hydrogens is 490 g/mol. The lowest BCUT2D eigenvalue weighted by atomic mass is 9.81. The molecule has 3 amide bonds. The summed E-state index contributed by atoms with van der Waals surface area (Å²) < 4.78 is 11.2. The number of nitrogens with zero attached hydrogens (tertiary/aromatic N) is 3. The monoisotopic (exact) mass is 523 g/mol. The van der Waals surface area contributed by atoms with Gasteiger partial charge in [-0.05, 0) is 60.4 Å². The first-order chi connectivity index (χ1) is 18.1. The highest BCUT2D eigenvalue weighted by Crippen LogP contribution is 2.31. The molecule has 1 aromatic carbocycles. The molecule has 2 fully saturated rings. The second-order valence-corrected chi connectivity index (χ2v) is 10.7. The van der Waals surface area contributed by atoms with E-state index in [-0.39, 0.29) is 34.6 Å². The fourth-order valence-corrected chi connectivity index (χ4v) is 4.66. The standard InChI is InChI=1S/C28H33N3O7/c1-28(2)15-24(32)31(25(33)16-28)14-11-19-3-8-23(29-17-19)38-27(36)30-12-9-20(10-13-30)18-37-22-6-4-21(5-7-22)26(34)35/h3-8,17,20H,9-16,18H2,1-2H3,(H,34,35). The largest absolute Gasteiger partial charge is 0.493 e. The fourth-order valence-electron chi connectivity index (χ4n) is 4.66. The minimum atomic E-state index is -0.977. The molecule has 2 saturated heterocycles. The zero-order valence-electron chi connectivity index (χ0n) is 21.7. The maximum absolute atomic E-state index is 12.6. The Balaban J connectivity index is 1.18. The van der Waals surface area contributed by atoms with Crippen molar-refractivity contribution in [3.63, 3.8) is 0 Å². The number of carboxylic acids is 1. The second-order valence-electron chi connectivity index (χ2n) is 10.7. The van der Waals surface area contributed by atoms with Crippen LogP contribution in [0.15, 0.2) is 42.6 Å². The molecule has 2 aromatic rings. The first-order valence-electron chi connectivity index (χ1n) is 12.8. The Bertz CT molecular complexity index is 1150. The van der Waals surface area contributed by atoms with E-state index in [1.807, 2.05) is 13.8 Å². The van der Waals surface area contributed by atoms with Crippen LogP contribution in [-0.4, -0.2) is 70.0 Å². The molecule has 4 rings (SSSR count). The van der Waals surface area contributed by atoms with E-state index in [9.17, 15) is 19.2 Å². The van der Waals surface area contributed by atoms with Gasteiger partial charge in [-0.1, -0.05) is 19.9 Å². The van der Waals surface area contributed by atoms with Gasteiger partial charge in [0.1, 0.15) is 5.75 Å². The SMILES string of the molecule is CC1(C)CC(=O)N(CCc2ccc(OC(=O)N3CCC(COc4ccc(C(=O)O)cc4)CC3)nc2)C(=O)C1. The van der Waals surface area contributed by atoms with Crippen LogP contribution in [0.2, 0.25) is 0 Å². The Labute approximate surface area is 221 Å². The van der Waals surface area contributed by atoms with Gasteiger partial charge in [0.15, 0.2) is 0 Å². The van der Waals surface area contributed by atoms with E-state index in [0.29, 0.717) is 51.3 Å². The number of aromatic carboxylic acids is 1. The highest BCUT2D eigenvalue weighted by atomic mass is 16.6. The van der Waals surface area contributed by atoms with Crippen molar-refractivity contribution in [2.45, 2.75) is 46.0 Å². The summed E-state index contributed by atoms with van der Waals surface area (Å²) in [7, 11) is 0. The molecule has 10 nitrogen and oxygen atoms in total. The number of hydrogen-bond donors (Lipinski definition) is 1. The smallest absolute Gasteiger partial charge is 0.416 e. The van der Waals surface area contributed by atoms with Crippen molar-refractivity contribution in [2.75, 3.05) is 26.2 Å². The summed E-state index contributed by atoms with van der Waals surface area (Å²) in [5.74, 6) is -0.177. The third-order valence-electron chi connectivity index (χ3n) is 6.93. The number of hydrogen-bond acceptors (Lipinski definition) is 7. The summed E-state index contributed by atoms with van der Waals surface area (Å²) in [6, 6.07) is 9.70. The van der Waals surface area contributed by atoms with E-state index >= 15 is 0 Å². The molecule has 10 heteroatoms. The molecule has 0 spiro atoms. The van der Waals surface area contributed by atoms with Gasteiger partial charge >= 0.3 is 12.1 Å². The van der Waals surface area contributed by atoms with Crippen LogP contribution in [0.5, 0.6) is 11.6 Å². The van der Waals surface area contributed by atoms with Crippen LogP contribution in [-0.2, 0) is 16.0 Å². The van der Waals surface area contributed by atoms with E-state index in [0.717, 1.165) is 18.4 Å². The lowest BCUT2D eigenvalue weighted by Crippen LogP contribution is -2.46. The number of amides is 3. The van der Waals surface area contributed by atoms with Crippen LogP contribution in [0, 0.1) is 11.3 Å². The summed E-state index contributed by atoms with van der Waals surface area (Å²) in [6.45, 7) is 5.72. The Hall–Kier alpha value is -3.95. The van der Waals surface area contributed by atoms with Crippen molar-refractivity contribution in [3.05, 3.63) is 53.7 Å². The van der Waals surface area contributed by atoms with Gasteiger partial charge in [-0.3, -0.25) is 14.5 Å². The average Bonchev–Trinajstić information content (AvgIpc) is 2.87. The molecule has 2 aliphatic heterocycles. The number of carboxylic acid groups (broad SMARTS) is 1. The van der Waals surface area contributed by atoms with Gasteiger partial charge in [0.05, 0.1) is 12.2 Å². The lowest BCUT2D eigenvalue weighted by Gasteiger charge is -2.34. The lowest BCUT2D eigenvalue weighted by molar-refractivity contribution is -0.152. The summed E-state index contributed by atoms with van der Waals surface area (Å²) in [6.07, 6.45) is 3.87. The Morgan fingerprint density at radius 1 is 1.03 bits per heavy atom. The number of aromatic nitrogens is 1. The number of carbonyl (C=O) groups is 4. The van der Waals surface area contributed by atoms with Gasteiger partial charge in [-0.15, -0.1) is 0 Å². The highest BCUT2D eigenvalue weighted by Gasteiger charge is 2.37. The van der Waals surface area contributed by atoms with Crippen molar-refractivity contribution < 1.29 is 33.8 Å². The number of pyridine rings is 1. The predicted molar refractivity (Wildman–Crippen MR) is 137 cm³/mol. The van der Waals surface area contributed by atoms with Crippen LogP contribution in [0.3, 0.4) is 0 Å². The first kappa shape index (κ1) is 27.1. The van der Waals surface area contributed by atoms with Crippen molar-refractivity contribution in [1.29, 1.82) is 0 Å². The fraction of sp³-hybridized carbons (Fsp3) is 0.464. The Morgan fingerprint density at radius 3 is 2.26 bits per heavy atom. The summed E-state index contributed by atoms with van der Waals surface area (Å²) in [5.41, 5.74) is 0.759.